The number of rotatable bonds is 7. The Balaban J connectivity index is 1.74. The van der Waals surface area contributed by atoms with Crippen LogP contribution in [0.25, 0.3) is 11.4 Å². The Morgan fingerprint density at radius 2 is 2.14 bits per heavy atom. The van der Waals surface area contributed by atoms with Gasteiger partial charge in [-0.3, -0.25) is 14.5 Å². The molecule has 10 heteroatoms. The predicted molar refractivity (Wildman–Crippen MR) is 96.1 cm³/mol. The van der Waals surface area contributed by atoms with Gasteiger partial charge in [0.25, 0.3) is 5.91 Å². The number of ether oxygens (including phenoxy) is 2. The number of hydrogen-bond donors (Lipinski definition) is 1. The SMILES string of the molecule is Cc1onc(-c2ccccn2)c1COc1cc(C(=O)O[C@@H](C)C(N)=O)n(C)n1. The average Bonchev–Trinajstić information content (AvgIpc) is 3.23. The number of carbonyl (C=O) groups excluding carboxylic acids is 2. The molecule has 0 unspecified atom stereocenters. The van der Waals surface area contributed by atoms with E-state index in [1.165, 1.54) is 17.7 Å². The van der Waals surface area contributed by atoms with Crippen LogP contribution in [0.5, 0.6) is 5.88 Å². The van der Waals surface area contributed by atoms with Crippen molar-refractivity contribution in [2.75, 3.05) is 0 Å². The minimum Gasteiger partial charge on any atom is -0.471 e. The van der Waals surface area contributed by atoms with Gasteiger partial charge in [-0.2, -0.15) is 0 Å². The monoisotopic (exact) mass is 385 g/mol. The first-order chi connectivity index (χ1) is 13.4. The van der Waals surface area contributed by atoms with Gasteiger partial charge in [0.1, 0.15) is 23.8 Å². The molecule has 0 aliphatic carbocycles. The molecule has 0 saturated heterocycles. The molecule has 0 aliphatic rings. The second-order valence-electron chi connectivity index (χ2n) is 6.01. The highest BCUT2D eigenvalue weighted by molar-refractivity contribution is 5.90. The molecule has 0 bridgehead atoms. The maximum Gasteiger partial charge on any atom is 0.357 e. The molecule has 10 nitrogen and oxygen atoms in total. The first-order valence-electron chi connectivity index (χ1n) is 8.40. The number of pyridine rings is 1. The summed E-state index contributed by atoms with van der Waals surface area (Å²) in [5.41, 5.74) is 7.17. The number of hydrogen-bond acceptors (Lipinski definition) is 8. The number of amides is 1. The van der Waals surface area contributed by atoms with E-state index in [-0.39, 0.29) is 18.2 Å². The number of nitrogens with zero attached hydrogens (tertiary/aromatic N) is 4. The van der Waals surface area contributed by atoms with E-state index in [0.29, 0.717) is 17.1 Å². The number of esters is 1. The Hall–Kier alpha value is -3.69. The van der Waals surface area contributed by atoms with Crippen molar-refractivity contribution in [2.24, 2.45) is 12.8 Å². The van der Waals surface area contributed by atoms with E-state index >= 15 is 0 Å². The summed E-state index contributed by atoms with van der Waals surface area (Å²) in [6, 6.07) is 6.88. The van der Waals surface area contributed by atoms with Crippen molar-refractivity contribution in [1.29, 1.82) is 0 Å². The minimum atomic E-state index is -1.05. The lowest BCUT2D eigenvalue weighted by Gasteiger charge is -2.08. The number of aromatic nitrogens is 4. The van der Waals surface area contributed by atoms with Crippen molar-refractivity contribution in [3.8, 4) is 17.3 Å². The van der Waals surface area contributed by atoms with Crippen LogP contribution in [-0.2, 0) is 23.2 Å². The smallest absolute Gasteiger partial charge is 0.357 e. The van der Waals surface area contributed by atoms with E-state index < -0.39 is 18.0 Å². The summed E-state index contributed by atoms with van der Waals surface area (Å²) in [6.07, 6.45) is 0.612. The van der Waals surface area contributed by atoms with Crippen LogP contribution in [0.4, 0.5) is 0 Å². The summed E-state index contributed by atoms with van der Waals surface area (Å²) in [5, 5.41) is 8.16. The molecule has 0 saturated carbocycles. The summed E-state index contributed by atoms with van der Waals surface area (Å²) in [5.74, 6) is -0.677. The van der Waals surface area contributed by atoms with Gasteiger partial charge < -0.3 is 19.7 Å². The molecule has 3 aromatic rings. The van der Waals surface area contributed by atoms with Gasteiger partial charge in [0.05, 0.1) is 11.3 Å². The van der Waals surface area contributed by atoms with Gasteiger partial charge in [-0.1, -0.05) is 11.2 Å². The van der Waals surface area contributed by atoms with Crippen LogP contribution in [0.3, 0.4) is 0 Å². The molecular weight excluding hydrogens is 366 g/mol. The van der Waals surface area contributed by atoms with Crippen LogP contribution >= 0.6 is 0 Å². The molecule has 28 heavy (non-hydrogen) atoms. The van der Waals surface area contributed by atoms with E-state index in [9.17, 15) is 9.59 Å². The van der Waals surface area contributed by atoms with Crippen molar-refractivity contribution in [1.82, 2.24) is 19.9 Å². The molecule has 0 aromatic carbocycles. The second kappa shape index (κ2) is 7.91. The molecule has 1 amide bonds. The largest absolute Gasteiger partial charge is 0.471 e. The standard InChI is InChI=1S/C18H19N5O5/c1-10-12(16(22-28-10)13-6-4-5-7-20-13)9-26-15-8-14(23(3)21-15)18(25)27-11(2)17(19)24/h4-8,11H,9H2,1-3H3,(H2,19,24)/t11-/m0/s1. The van der Waals surface area contributed by atoms with Crippen LogP contribution in [-0.4, -0.2) is 37.9 Å². The number of carbonyl (C=O) groups is 2. The van der Waals surface area contributed by atoms with Crippen molar-refractivity contribution < 1.29 is 23.6 Å². The predicted octanol–water partition coefficient (Wildman–Crippen LogP) is 1.39. The van der Waals surface area contributed by atoms with E-state index in [0.717, 1.165) is 5.56 Å². The van der Waals surface area contributed by atoms with Gasteiger partial charge in [0.2, 0.25) is 5.88 Å². The van der Waals surface area contributed by atoms with Crippen molar-refractivity contribution in [2.45, 2.75) is 26.6 Å². The molecule has 0 fully saturated rings. The molecule has 0 aliphatic heterocycles. The molecule has 3 rings (SSSR count). The minimum absolute atomic E-state index is 0.116. The van der Waals surface area contributed by atoms with Gasteiger partial charge in [0, 0.05) is 19.3 Å². The number of nitrogens with two attached hydrogens (primary N) is 1. The third-order valence-electron chi connectivity index (χ3n) is 4.01. The molecule has 1 atom stereocenters. The van der Waals surface area contributed by atoms with E-state index in [4.69, 9.17) is 19.7 Å². The fraction of sp³-hybridized carbons (Fsp3) is 0.278. The summed E-state index contributed by atoms with van der Waals surface area (Å²) in [4.78, 5) is 27.5. The highest BCUT2D eigenvalue weighted by Gasteiger charge is 2.22. The molecule has 146 valence electrons. The van der Waals surface area contributed by atoms with Crippen LogP contribution < -0.4 is 10.5 Å². The normalized spacial score (nSPS) is 11.8. The lowest BCUT2D eigenvalue weighted by molar-refractivity contribution is -0.125. The van der Waals surface area contributed by atoms with Crippen molar-refractivity contribution in [3.63, 3.8) is 0 Å². The first-order valence-corrected chi connectivity index (χ1v) is 8.40. The molecule has 0 radical (unpaired) electrons. The Morgan fingerprint density at radius 3 is 2.82 bits per heavy atom. The zero-order chi connectivity index (χ0) is 20.3. The van der Waals surface area contributed by atoms with Crippen LogP contribution in [0, 0.1) is 6.92 Å². The number of primary amides is 1. The average molecular weight is 385 g/mol. The molecule has 2 N–H and O–H groups in total. The molecule has 0 spiro atoms. The third kappa shape index (κ3) is 4.00. The maximum absolute atomic E-state index is 12.1. The van der Waals surface area contributed by atoms with E-state index in [1.54, 1.807) is 26.2 Å². The zero-order valence-electron chi connectivity index (χ0n) is 15.6. The third-order valence-corrected chi connectivity index (χ3v) is 4.01. The quantitative estimate of drug-likeness (QED) is 0.603. The highest BCUT2D eigenvalue weighted by Crippen LogP contribution is 2.25. The summed E-state index contributed by atoms with van der Waals surface area (Å²) in [6.45, 7) is 3.27. The summed E-state index contributed by atoms with van der Waals surface area (Å²) >= 11 is 0. The van der Waals surface area contributed by atoms with E-state index in [2.05, 4.69) is 15.2 Å². The topological polar surface area (TPSA) is 135 Å². The summed E-state index contributed by atoms with van der Waals surface area (Å²) in [7, 11) is 1.56. The fourth-order valence-corrected chi connectivity index (χ4v) is 2.39. The van der Waals surface area contributed by atoms with Gasteiger partial charge >= 0.3 is 5.97 Å². The molecular formula is C18H19N5O5. The molecule has 3 aromatic heterocycles. The maximum atomic E-state index is 12.1. The highest BCUT2D eigenvalue weighted by atomic mass is 16.5. The first kappa shape index (κ1) is 19.1. The van der Waals surface area contributed by atoms with Gasteiger partial charge in [-0.25, -0.2) is 4.79 Å². The van der Waals surface area contributed by atoms with E-state index in [1.807, 2.05) is 12.1 Å². The van der Waals surface area contributed by atoms with Crippen LogP contribution in [0.1, 0.15) is 28.7 Å². The Kier molecular flexibility index (Phi) is 5.39. The van der Waals surface area contributed by atoms with Crippen molar-refractivity contribution in [3.05, 3.63) is 47.5 Å². The van der Waals surface area contributed by atoms with Crippen LogP contribution in [0.15, 0.2) is 35.0 Å². The number of aryl methyl sites for hydroxylation is 2. The Labute approximate surface area is 160 Å². The zero-order valence-corrected chi connectivity index (χ0v) is 15.6. The van der Waals surface area contributed by atoms with Crippen LogP contribution in [0.2, 0.25) is 0 Å². The fourth-order valence-electron chi connectivity index (χ4n) is 2.39. The lowest BCUT2D eigenvalue weighted by Crippen LogP contribution is -2.31. The van der Waals surface area contributed by atoms with Crippen molar-refractivity contribution >= 4 is 11.9 Å². The van der Waals surface area contributed by atoms with Gasteiger partial charge in [0.15, 0.2) is 6.10 Å². The van der Waals surface area contributed by atoms with Gasteiger partial charge in [-0.05, 0) is 26.0 Å². The lowest BCUT2D eigenvalue weighted by atomic mass is 10.1. The Morgan fingerprint density at radius 1 is 1.36 bits per heavy atom. The Bertz CT molecular complexity index is 995. The second-order valence-corrected chi connectivity index (χ2v) is 6.01. The molecule has 3 heterocycles. The summed E-state index contributed by atoms with van der Waals surface area (Å²) < 4.78 is 17.2. The van der Waals surface area contributed by atoms with Gasteiger partial charge in [-0.15, -0.1) is 5.10 Å².